The van der Waals surface area contributed by atoms with E-state index in [1.165, 1.54) is 11.8 Å². The molecule has 0 N–H and O–H groups in total. The minimum atomic E-state index is -0.357. The fraction of sp³-hybridized carbons (Fsp3) is 0.357. The van der Waals surface area contributed by atoms with Crippen molar-refractivity contribution in [2.24, 2.45) is 0 Å². The molecule has 0 amide bonds. The summed E-state index contributed by atoms with van der Waals surface area (Å²) >= 11 is 7.28. The Labute approximate surface area is 132 Å². The fourth-order valence-corrected chi connectivity index (χ4v) is 2.66. The monoisotopic (exact) mass is 326 g/mol. The molecule has 0 aliphatic heterocycles. The first-order valence-corrected chi connectivity index (χ1v) is 7.83. The van der Waals surface area contributed by atoms with Gasteiger partial charge in [0.15, 0.2) is 0 Å². The average molecular weight is 327 g/mol. The van der Waals surface area contributed by atoms with Crippen LogP contribution in [0.15, 0.2) is 33.9 Å². The third kappa shape index (κ3) is 3.98. The molecule has 1 aromatic heterocycles. The third-order valence-corrected chi connectivity index (χ3v) is 4.18. The molecule has 0 bridgehead atoms. The zero-order valence-electron chi connectivity index (χ0n) is 11.7. The number of rotatable bonds is 6. The Morgan fingerprint density at radius 2 is 2.14 bits per heavy atom. The van der Waals surface area contributed by atoms with Crippen molar-refractivity contribution < 1.29 is 13.9 Å². The number of carbonyl (C=O) groups is 1. The molecule has 7 heteroatoms. The zero-order valence-corrected chi connectivity index (χ0v) is 13.3. The molecule has 21 heavy (non-hydrogen) atoms. The molecule has 112 valence electrons. The molecule has 1 atom stereocenters. The number of benzene rings is 1. The molecule has 2 aromatic rings. The molecule has 0 spiro atoms. The van der Waals surface area contributed by atoms with Crippen molar-refractivity contribution >= 4 is 29.3 Å². The standard InChI is InChI=1S/C14H15ClN2O3S/c1-3-11(13(18)19-4-2)21-14-17-16-12(20-14)9-7-5-6-8-10(9)15/h5-8,11H,3-4H2,1-2H3. The van der Waals surface area contributed by atoms with Crippen LogP contribution in [0.5, 0.6) is 0 Å². The summed E-state index contributed by atoms with van der Waals surface area (Å²) in [6.45, 7) is 4.03. The Morgan fingerprint density at radius 1 is 1.38 bits per heavy atom. The Bertz CT molecular complexity index is 618. The van der Waals surface area contributed by atoms with E-state index < -0.39 is 0 Å². The van der Waals surface area contributed by atoms with Gasteiger partial charge in [-0.05, 0) is 25.5 Å². The molecule has 1 heterocycles. The Morgan fingerprint density at radius 3 is 2.81 bits per heavy atom. The van der Waals surface area contributed by atoms with Crippen LogP contribution < -0.4 is 0 Å². The van der Waals surface area contributed by atoms with E-state index in [-0.39, 0.29) is 11.2 Å². The highest BCUT2D eigenvalue weighted by molar-refractivity contribution is 8.00. The maximum absolute atomic E-state index is 11.8. The van der Waals surface area contributed by atoms with Gasteiger partial charge in [-0.15, -0.1) is 10.2 Å². The number of ether oxygens (including phenoxy) is 1. The molecule has 0 radical (unpaired) electrons. The number of halogens is 1. The van der Waals surface area contributed by atoms with E-state index in [0.29, 0.717) is 34.7 Å². The Kier molecular flexibility index (Phi) is 5.64. The predicted octanol–water partition coefficient (Wildman–Crippen LogP) is 3.82. The predicted molar refractivity (Wildman–Crippen MR) is 81.3 cm³/mol. The molecule has 1 aromatic carbocycles. The number of carbonyl (C=O) groups excluding carboxylic acids is 1. The third-order valence-electron chi connectivity index (χ3n) is 2.67. The maximum atomic E-state index is 11.8. The van der Waals surface area contributed by atoms with Crippen LogP contribution in [0.3, 0.4) is 0 Å². The second-order valence-corrected chi connectivity index (χ2v) is 5.68. The lowest BCUT2D eigenvalue weighted by molar-refractivity contribution is -0.142. The summed E-state index contributed by atoms with van der Waals surface area (Å²) in [7, 11) is 0. The summed E-state index contributed by atoms with van der Waals surface area (Å²) in [4.78, 5) is 11.8. The first kappa shape index (κ1) is 15.9. The first-order chi connectivity index (χ1) is 10.2. The van der Waals surface area contributed by atoms with Crippen LogP contribution in [0.25, 0.3) is 11.5 Å². The number of hydrogen-bond acceptors (Lipinski definition) is 6. The van der Waals surface area contributed by atoms with Crippen LogP contribution in [0.4, 0.5) is 0 Å². The van der Waals surface area contributed by atoms with Gasteiger partial charge in [0.05, 0.1) is 17.2 Å². The number of esters is 1. The second-order valence-electron chi connectivity index (χ2n) is 4.12. The molecule has 2 rings (SSSR count). The van der Waals surface area contributed by atoms with E-state index in [0.717, 1.165) is 0 Å². The lowest BCUT2D eigenvalue weighted by Crippen LogP contribution is -2.19. The fourth-order valence-electron chi connectivity index (χ4n) is 1.66. The summed E-state index contributed by atoms with van der Waals surface area (Å²) in [5, 5.41) is 8.41. The summed E-state index contributed by atoms with van der Waals surface area (Å²) in [5.41, 5.74) is 0.669. The van der Waals surface area contributed by atoms with Crippen molar-refractivity contribution in [3.63, 3.8) is 0 Å². The van der Waals surface area contributed by atoms with Crippen molar-refractivity contribution in [2.45, 2.75) is 30.7 Å². The minimum Gasteiger partial charge on any atom is -0.465 e. The summed E-state index contributed by atoms with van der Waals surface area (Å²) in [6, 6.07) is 7.21. The van der Waals surface area contributed by atoms with Gasteiger partial charge in [-0.1, -0.05) is 42.4 Å². The van der Waals surface area contributed by atoms with Gasteiger partial charge >= 0.3 is 5.97 Å². The van der Waals surface area contributed by atoms with E-state index in [1.807, 2.05) is 19.1 Å². The number of thioether (sulfide) groups is 1. The van der Waals surface area contributed by atoms with Crippen LogP contribution in [0.2, 0.25) is 5.02 Å². The molecule has 0 aliphatic rings. The molecule has 0 fully saturated rings. The lowest BCUT2D eigenvalue weighted by Gasteiger charge is -2.09. The second kappa shape index (κ2) is 7.47. The average Bonchev–Trinajstić information content (AvgIpc) is 2.93. The normalized spacial score (nSPS) is 12.1. The summed E-state index contributed by atoms with van der Waals surface area (Å²) in [6.07, 6.45) is 0.618. The van der Waals surface area contributed by atoms with Crippen molar-refractivity contribution in [1.29, 1.82) is 0 Å². The van der Waals surface area contributed by atoms with Crippen molar-refractivity contribution in [1.82, 2.24) is 10.2 Å². The van der Waals surface area contributed by atoms with Gasteiger partial charge in [0.1, 0.15) is 5.25 Å². The van der Waals surface area contributed by atoms with Gasteiger partial charge in [0.2, 0.25) is 5.89 Å². The van der Waals surface area contributed by atoms with Gasteiger partial charge in [-0.25, -0.2) is 0 Å². The van der Waals surface area contributed by atoms with Crippen molar-refractivity contribution in [2.75, 3.05) is 6.61 Å². The largest absolute Gasteiger partial charge is 0.465 e. The minimum absolute atomic E-state index is 0.275. The Balaban J connectivity index is 2.13. The van der Waals surface area contributed by atoms with Crippen LogP contribution in [-0.4, -0.2) is 28.0 Å². The van der Waals surface area contributed by atoms with E-state index >= 15 is 0 Å². The Hall–Kier alpha value is -1.53. The van der Waals surface area contributed by atoms with Gasteiger partial charge in [0, 0.05) is 0 Å². The van der Waals surface area contributed by atoms with Crippen LogP contribution in [0, 0.1) is 0 Å². The molecule has 1 unspecified atom stereocenters. The van der Waals surface area contributed by atoms with Crippen LogP contribution in [-0.2, 0) is 9.53 Å². The highest BCUT2D eigenvalue weighted by Gasteiger charge is 2.22. The van der Waals surface area contributed by atoms with Crippen LogP contribution >= 0.6 is 23.4 Å². The number of hydrogen-bond donors (Lipinski definition) is 0. The quantitative estimate of drug-likeness (QED) is 0.594. The molecule has 0 aliphatic carbocycles. The number of aromatic nitrogens is 2. The van der Waals surface area contributed by atoms with Gasteiger partial charge in [-0.3, -0.25) is 4.79 Å². The molecule has 0 saturated heterocycles. The van der Waals surface area contributed by atoms with Crippen molar-refractivity contribution in [3.05, 3.63) is 29.3 Å². The molecular formula is C14H15ClN2O3S. The molecule has 0 saturated carbocycles. The highest BCUT2D eigenvalue weighted by atomic mass is 35.5. The number of nitrogens with zero attached hydrogens (tertiary/aromatic N) is 2. The van der Waals surface area contributed by atoms with Gasteiger partial charge in [0.25, 0.3) is 5.22 Å². The smallest absolute Gasteiger partial charge is 0.319 e. The summed E-state index contributed by atoms with van der Waals surface area (Å²) < 4.78 is 10.6. The van der Waals surface area contributed by atoms with E-state index in [4.69, 9.17) is 20.8 Å². The van der Waals surface area contributed by atoms with E-state index in [2.05, 4.69) is 10.2 Å². The zero-order chi connectivity index (χ0) is 15.2. The van der Waals surface area contributed by atoms with Gasteiger partial charge < -0.3 is 9.15 Å². The first-order valence-electron chi connectivity index (χ1n) is 6.57. The molecule has 5 nitrogen and oxygen atoms in total. The van der Waals surface area contributed by atoms with E-state index in [1.54, 1.807) is 19.1 Å². The molecular weight excluding hydrogens is 312 g/mol. The summed E-state index contributed by atoms with van der Waals surface area (Å²) in [5.74, 6) is 0.0595. The lowest BCUT2D eigenvalue weighted by atomic mass is 10.2. The topological polar surface area (TPSA) is 65.2 Å². The highest BCUT2D eigenvalue weighted by Crippen LogP contribution is 2.31. The van der Waals surface area contributed by atoms with Gasteiger partial charge in [-0.2, -0.15) is 0 Å². The van der Waals surface area contributed by atoms with Crippen LogP contribution in [0.1, 0.15) is 20.3 Å². The SMILES string of the molecule is CCOC(=O)C(CC)Sc1nnc(-c2ccccc2Cl)o1. The van der Waals surface area contributed by atoms with Crippen molar-refractivity contribution in [3.8, 4) is 11.5 Å². The van der Waals surface area contributed by atoms with E-state index in [9.17, 15) is 4.79 Å². The maximum Gasteiger partial charge on any atom is 0.319 e.